The van der Waals surface area contributed by atoms with Crippen molar-refractivity contribution in [1.29, 1.82) is 0 Å². The van der Waals surface area contributed by atoms with Crippen LogP contribution in [0.25, 0.3) is 0 Å². The zero-order valence-corrected chi connectivity index (χ0v) is 11.2. The molecule has 17 heavy (non-hydrogen) atoms. The number of carboxylic acids is 1. The Kier molecular flexibility index (Phi) is 5.40. The number of carboxylic acid groups (broad SMARTS) is 1. The predicted octanol–water partition coefficient (Wildman–Crippen LogP) is 1.99. The molecule has 0 aromatic rings. The van der Waals surface area contributed by atoms with Crippen LogP contribution in [0.15, 0.2) is 0 Å². The highest BCUT2D eigenvalue weighted by atomic mass is 16.5. The number of hydrogen-bond acceptors (Lipinski definition) is 3. The standard InChI is InChI=1S/C13H25NO3/c1-13(2,3)17-9-8-14-7-6-11(10-14)4-5-12(15)16/h11H,4-10H2,1-3H3,(H,15,16). The van der Waals surface area contributed by atoms with Gasteiger partial charge in [-0.3, -0.25) is 4.79 Å². The second kappa shape index (κ2) is 6.36. The Hall–Kier alpha value is -0.610. The Morgan fingerprint density at radius 2 is 2.18 bits per heavy atom. The summed E-state index contributed by atoms with van der Waals surface area (Å²) in [5, 5.41) is 8.64. The number of likely N-dealkylation sites (tertiary alicyclic amines) is 1. The molecule has 4 nitrogen and oxygen atoms in total. The zero-order chi connectivity index (χ0) is 12.9. The van der Waals surface area contributed by atoms with E-state index in [9.17, 15) is 4.79 Å². The molecule has 1 fully saturated rings. The lowest BCUT2D eigenvalue weighted by Crippen LogP contribution is -2.29. The van der Waals surface area contributed by atoms with Crippen LogP contribution < -0.4 is 0 Å². The van der Waals surface area contributed by atoms with Crippen LogP contribution in [-0.4, -0.2) is 47.8 Å². The quantitative estimate of drug-likeness (QED) is 0.775. The van der Waals surface area contributed by atoms with Gasteiger partial charge >= 0.3 is 5.97 Å². The maximum absolute atomic E-state index is 10.5. The lowest BCUT2D eigenvalue weighted by molar-refractivity contribution is -0.137. The fraction of sp³-hybridized carbons (Fsp3) is 0.923. The van der Waals surface area contributed by atoms with Crippen LogP contribution in [0.3, 0.4) is 0 Å². The molecular weight excluding hydrogens is 218 g/mol. The molecule has 0 saturated carbocycles. The lowest BCUT2D eigenvalue weighted by Gasteiger charge is -2.22. The Balaban J connectivity index is 2.11. The van der Waals surface area contributed by atoms with E-state index in [-0.39, 0.29) is 5.60 Å². The third kappa shape index (κ3) is 6.64. The minimum Gasteiger partial charge on any atom is -0.481 e. The van der Waals surface area contributed by atoms with E-state index < -0.39 is 5.97 Å². The van der Waals surface area contributed by atoms with E-state index >= 15 is 0 Å². The van der Waals surface area contributed by atoms with Crippen molar-refractivity contribution in [2.45, 2.75) is 45.6 Å². The average Bonchev–Trinajstić information content (AvgIpc) is 2.61. The molecule has 0 aromatic carbocycles. The summed E-state index contributed by atoms with van der Waals surface area (Å²) in [5.41, 5.74) is -0.0670. The largest absolute Gasteiger partial charge is 0.481 e. The summed E-state index contributed by atoms with van der Waals surface area (Å²) in [4.78, 5) is 12.9. The van der Waals surface area contributed by atoms with Crippen LogP contribution in [0.4, 0.5) is 0 Å². The first-order chi connectivity index (χ1) is 7.87. The molecule has 0 radical (unpaired) electrons. The molecule has 0 aromatic heterocycles. The highest BCUT2D eigenvalue weighted by molar-refractivity contribution is 5.66. The predicted molar refractivity (Wildman–Crippen MR) is 67.1 cm³/mol. The van der Waals surface area contributed by atoms with Crippen LogP contribution in [0.5, 0.6) is 0 Å². The fourth-order valence-corrected chi connectivity index (χ4v) is 2.16. The van der Waals surface area contributed by atoms with Gasteiger partial charge in [-0.05, 0) is 46.1 Å². The third-order valence-corrected chi connectivity index (χ3v) is 3.08. The van der Waals surface area contributed by atoms with Gasteiger partial charge in [-0.25, -0.2) is 0 Å². The Morgan fingerprint density at radius 3 is 2.76 bits per heavy atom. The maximum Gasteiger partial charge on any atom is 0.303 e. The van der Waals surface area contributed by atoms with E-state index in [1.165, 1.54) is 0 Å². The van der Waals surface area contributed by atoms with Crippen molar-refractivity contribution in [2.75, 3.05) is 26.2 Å². The van der Waals surface area contributed by atoms with E-state index in [1.54, 1.807) is 0 Å². The molecule has 1 rings (SSSR count). The molecule has 1 aliphatic heterocycles. The molecule has 0 spiro atoms. The van der Waals surface area contributed by atoms with Crippen molar-refractivity contribution in [2.24, 2.45) is 5.92 Å². The van der Waals surface area contributed by atoms with Crippen molar-refractivity contribution < 1.29 is 14.6 Å². The molecule has 0 amide bonds. The van der Waals surface area contributed by atoms with E-state index in [4.69, 9.17) is 9.84 Å². The van der Waals surface area contributed by atoms with Gasteiger partial charge < -0.3 is 14.7 Å². The number of aliphatic carboxylic acids is 1. The first-order valence-electron chi connectivity index (χ1n) is 6.45. The minimum atomic E-state index is -0.681. The summed E-state index contributed by atoms with van der Waals surface area (Å²) in [5.74, 6) is -0.125. The SMILES string of the molecule is CC(C)(C)OCCN1CCC(CCC(=O)O)C1. The van der Waals surface area contributed by atoms with Crippen molar-refractivity contribution in [3.8, 4) is 0 Å². The number of nitrogens with zero attached hydrogens (tertiary/aromatic N) is 1. The molecule has 100 valence electrons. The first-order valence-corrected chi connectivity index (χ1v) is 6.45. The lowest BCUT2D eigenvalue weighted by atomic mass is 10.0. The molecule has 1 N–H and O–H groups in total. The first kappa shape index (κ1) is 14.5. The summed E-state index contributed by atoms with van der Waals surface area (Å²) in [6.07, 6.45) is 2.24. The maximum atomic E-state index is 10.5. The molecular formula is C13H25NO3. The third-order valence-electron chi connectivity index (χ3n) is 3.08. The van der Waals surface area contributed by atoms with E-state index in [0.29, 0.717) is 12.3 Å². The molecule has 1 atom stereocenters. The number of rotatable bonds is 6. The van der Waals surface area contributed by atoms with Gasteiger partial charge in [0.25, 0.3) is 0 Å². The minimum absolute atomic E-state index is 0.0670. The zero-order valence-electron chi connectivity index (χ0n) is 11.2. The van der Waals surface area contributed by atoms with Gasteiger partial charge in [-0.1, -0.05) is 0 Å². The summed E-state index contributed by atoms with van der Waals surface area (Å²) in [7, 11) is 0. The van der Waals surface area contributed by atoms with Crippen LogP contribution >= 0.6 is 0 Å². The van der Waals surface area contributed by atoms with E-state index in [0.717, 1.165) is 39.1 Å². The molecule has 1 saturated heterocycles. The molecule has 0 aliphatic carbocycles. The summed E-state index contributed by atoms with van der Waals surface area (Å²) < 4.78 is 5.69. The van der Waals surface area contributed by atoms with Crippen LogP contribution in [0, 0.1) is 5.92 Å². The summed E-state index contributed by atoms with van der Waals surface area (Å²) in [6, 6.07) is 0. The second-order valence-electron chi connectivity index (χ2n) is 5.85. The van der Waals surface area contributed by atoms with Crippen molar-refractivity contribution >= 4 is 5.97 Å². The smallest absolute Gasteiger partial charge is 0.303 e. The van der Waals surface area contributed by atoms with Crippen LogP contribution in [-0.2, 0) is 9.53 Å². The van der Waals surface area contributed by atoms with Gasteiger partial charge in [0.2, 0.25) is 0 Å². The molecule has 1 aliphatic rings. The highest BCUT2D eigenvalue weighted by Gasteiger charge is 2.23. The summed E-state index contributed by atoms with van der Waals surface area (Å²) in [6.45, 7) is 10.0. The Labute approximate surface area is 104 Å². The fourth-order valence-electron chi connectivity index (χ4n) is 2.16. The average molecular weight is 243 g/mol. The van der Waals surface area contributed by atoms with E-state index in [2.05, 4.69) is 25.7 Å². The van der Waals surface area contributed by atoms with Crippen LogP contribution in [0.1, 0.15) is 40.0 Å². The number of hydrogen-bond donors (Lipinski definition) is 1. The van der Waals surface area contributed by atoms with Crippen molar-refractivity contribution in [3.05, 3.63) is 0 Å². The van der Waals surface area contributed by atoms with Gasteiger partial charge in [0, 0.05) is 19.5 Å². The Morgan fingerprint density at radius 1 is 1.47 bits per heavy atom. The monoisotopic (exact) mass is 243 g/mol. The van der Waals surface area contributed by atoms with Gasteiger partial charge in [0.15, 0.2) is 0 Å². The second-order valence-corrected chi connectivity index (χ2v) is 5.85. The van der Waals surface area contributed by atoms with Gasteiger partial charge in [-0.2, -0.15) is 0 Å². The molecule has 0 bridgehead atoms. The van der Waals surface area contributed by atoms with E-state index in [1.807, 2.05) is 0 Å². The normalized spacial score (nSPS) is 21.9. The van der Waals surface area contributed by atoms with Crippen molar-refractivity contribution in [3.63, 3.8) is 0 Å². The van der Waals surface area contributed by atoms with Gasteiger partial charge in [0.1, 0.15) is 0 Å². The van der Waals surface area contributed by atoms with Gasteiger partial charge in [0.05, 0.1) is 12.2 Å². The topological polar surface area (TPSA) is 49.8 Å². The number of ether oxygens (including phenoxy) is 1. The molecule has 4 heteroatoms. The number of carbonyl (C=O) groups is 1. The summed E-state index contributed by atoms with van der Waals surface area (Å²) >= 11 is 0. The highest BCUT2D eigenvalue weighted by Crippen LogP contribution is 2.20. The molecule has 1 heterocycles. The van der Waals surface area contributed by atoms with Crippen molar-refractivity contribution in [1.82, 2.24) is 4.90 Å². The van der Waals surface area contributed by atoms with Gasteiger partial charge in [-0.15, -0.1) is 0 Å². The Bertz CT molecular complexity index is 248. The van der Waals surface area contributed by atoms with Crippen LogP contribution in [0.2, 0.25) is 0 Å². The molecule has 1 unspecified atom stereocenters.